The summed E-state index contributed by atoms with van der Waals surface area (Å²) in [5, 5.41) is 2.14. The van der Waals surface area contributed by atoms with Gasteiger partial charge in [-0.2, -0.15) is 0 Å². The summed E-state index contributed by atoms with van der Waals surface area (Å²) < 4.78 is 52.5. The Morgan fingerprint density at radius 1 is 0.962 bits per heavy atom. The zero-order valence-corrected chi connectivity index (χ0v) is 13.9. The van der Waals surface area contributed by atoms with Gasteiger partial charge in [-0.25, -0.2) is 17.6 Å². The summed E-state index contributed by atoms with van der Waals surface area (Å²) in [7, 11) is 0. The molecule has 0 aliphatic rings. The zero-order chi connectivity index (χ0) is 19.3. The highest BCUT2D eigenvalue weighted by atomic mass is 19.2. The summed E-state index contributed by atoms with van der Waals surface area (Å²) in [4.78, 5) is 25.0. The van der Waals surface area contributed by atoms with Gasteiger partial charge in [0.1, 0.15) is 5.82 Å². The first-order valence-electron chi connectivity index (χ1n) is 7.71. The van der Waals surface area contributed by atoms with Gasteiger partial charge in [0.2, 0.25) is 11.8 Å². The smallest absolute Gasteiger partial charge is 0.226 e. The van der Waals surface area contributed by atoms with Gasteiger partial charge >= 0.3 is 0 Å². The lowest BCUT2D eigenvalue weighted by molar-refractivity contribution is -0.129. The molecule has 8 heteroatoms. The third-order valence-corrected chi connectivity index (χ3v) is 3.65. The predicted octanol–water partition coefficient (Wildman–Crippen LogP) is 3.62. The first-order valence-corrected chi connectivity index (χ1v) is 7.71. The molecule has 0 aliphatic heterocycles. The topological polar surface area (TPSA) is 49.4 Å². The van der Waals surface area contributed by atoms with Crippen molar-refractivity contribution in [3.63, 3.8) is 0 Å². The van der Waals surface area contributed by atoms with Crippen LogP contribution in [0.15, 0.2) is 36.4 Å². The molecule has 0 bridgehead atoms. The Balaban J connectivity index is 1.96. The minimum atomic E-state index is -1.68. The molecule has 0 saturated carbocycles. The van der Waals surface area contributed by atoms with E-state index in [1.54, 1.807) is 0 Å². The van der Waals surface area contributed by atoms with Crippen LogP contribution in [-0.2, 0) is 16.1 Å². The van der Waals surface area contributed by atoms with Crippen LogP contribution in [0.1, 0.15) is 18.9 Å². The summed E-state index contributed by atoms with van der Waals surface area (Å²) >= 11 is 0. The highest BCUT2D eigenvalue weighted by Crippen LogP contribution is 2.19. The average molecular weight is 368 g/mol. The van der Waals surface area contributed by atoms with Gasteiger partial charge in [-0.15, -0.1) is 0 Å². The fraction of sp³-hybridized carbons (Fsp3) is 0.222. The SMILES string of the molecule is CC(=O)N(CCC(=O)Nc1ccc(F)c(F)c1F)Cc1ccc(F)cc1. The third-order valence-electron chi connectivity index (χ3n) is 3.65. The van der Waals surface area contributed by atoms with E-state index in [2.05, 4.69) is 5.32 Å². The first-order chi connectivity index (χ1) is 12.3. The highest BCUT2D eigenvalue weighted by Gasteiger charge is 2.16. The van der Waals surface area contributed by atoms with Crippen LogP contribution in [0.4, 0.5) is 23.2 Å². The fourth-order valence-electron chi connectivity index (χ4n) is 2.23. The summed E-state index contributed by atoms with van der Waals surface area (Å²) in [6.07, 6.45) is -0.181. The molecule has 26 heavy (non-hydrogen) atoms. The Hall–Kier alpha value is -2.90. The molecule has 2 amide bonds. The predicted molar refractivity (Wildman–Crippen MR) is 87.1 cm³/mol. The van der Waals surface area contributed by atoms with Crippen LogP contribution in [0.2, 0.25) is 0 Å². The van der Waals surface area contributed by atoms with Crippen molar-refractivity contribution in [2.75, 3.05) is 11.9 Å². The van der Waals surface area contributed by atoms with Crippen LogP contribution in [0.25, 0.3) is 0 Å². The lowest BCUT2D eigenvalue weighted by atomic mass is 10.2. The minimum absolute atomic E-state index is 0.0177. The first kappa shape index (κ1) is 19.4. The van der Waals surface area contributed by atoms with Crippen molar-refractivity contribution >= 4 is 17.5 Å². The van der Waals surface area contributed by atoms with E-state index in [0.717, 1.165) is 6.07 Å². The Kier molecular flexibility index (Phi) is 6.32. The normalized spacial score (nSPS) is 10.5. The molecule has 0 saturated heterocycles. The molecular formula is C18H16F4N2O2. The lowest BCUT2D eigenvalue weighted by Crippen LogP contribution is -2.31. The van der Waals surface area contributed by atoms with Crippen molar-refractivity contribution < 1.29 is 27.2 Å². The van der Waals surface area contributed by atoms with Gasteiger partial charge in [0.05, 0.1) is 5.69 Å². The number of hydrogen-bond donors (Lipinski definition) is 1. The molecule has 2 rings (SSSR count). The Bertz CT molecular complexity index is 810. The van der Waals surface area contributed by atoms with Gasteiger partial charge in [0, 0.05) is 26.4 Å². The van der Waals surface area contributed by atoms with Crippen molar-refractivity contribution in [2.45, 2.75) is 19.9 Å². The standard InChI is InChI=1S/C18H16F4N2O2/c1-11(25)24(10-12-2-4-13(19)5-3-12)9-8-16(26)23-15-7-6-14(20)17(21)18(15)22/h2-7H,8-10H2,1H3,(H,23,26). The van der Waals surface area contributed by atoms with E-state index < -0.39 is 34.9 Å². The summed E-state index contributed by atoms with van der Waals surface area (Å²) in [5.74, 6) is -5.91. The Morgan fingerprint density at radius 2 is 1.62 bits per heavy atom. The number of nitrogens with zero attached hydrogens (tertiary/aromatic N) is 1. The molecule has 0 fully saturated rings. The van der Waals surface area contributed by atoms with Crippen LogP contribution in [0.5, 0.6) is 0 Å². The number of rotatable bonds is 6. The van der Waals surface area contributed by atoms with Crippen LogP contribution in [-0.4, -0.2) is 23.3 Å². The number of anilines is 1. The van der Waals surface area contributed by atoms with E-state index >= 15 is 0 Å². The highest BCUT2D eigenvalue weighted by molar-refractivity contribution is 5.91. The molecule has 0 spiro atoms. The summed E-state index contributed by atoms with van der Waals surface area (Å²) in [6.45, 7) is 1.50. The van der Waals surface area contributed by atoms with Crippen molar-refractivity contribution in [1.82, 2.24) is 4.90 Å². The Labute approximate surface area is 147 Å². The van der Waals surface area contributed by atoms with Gasteiger partial charge in [-0.3, -0.25) is 9.59 Å². The maximum absolute atomic E-state index is 13.5. The molecule has 4 nitrogen and oxygen atoms in total. The van der Waals surface area contributed by atoms with Crippen molar-refractivity contribution in [3.05, 3.63) is 65.2 Å². The minimum Gasteiger partial charge on any atom is -0.338 e. The van der Waals surface area contributed by atoms with Gasteiger partial charge in [-0.05, 0) is 29.8 Å². The largest absolute Gasteiger partial charge is 0.338 e. The number of benzene rings is 2. The maximum atomic E-state index is 13.5. The molecule has 2 aromatic carbocycles. The molecule has 138 valence electrons. The van der Waals surface area contributed by atoms with E-state index in [1.165, 1.54) is 36.1 Å². The zero-order valence-electron chi connectivity index (χ0n) is 13.9. The quantitative estimate of drug-likeness (QED) is 0.625. The monoisotopic (exact) mass is 368 g/mol. The molecular weight excluding hydrogens is 352 g/mol. The number of halogens is 4. The number of carbonyl (C=O) groups excluding carboxylic acids is 2. The summed E-state index contributed by atoms with van der Waals surface area (Å²) in [6, 6.07) is 7.15. The van der Waals surface area contributed by atoms with Crippen molar-refractivity contribution in [3.8, 4) is 0 Å². The van der Waals surface area contributed by atoms with Crippen LogP contribution < -0.4 is 5.32 Å². The Morgan fingerprint density at radius 3 is 2.23 bits per heavy atom. The van der Waals surface area contributed by atoms with Crippen LogP contribution in [0.3, 0.4) is 0 Å². The van der Waals surface area contributed by atoms with E-state index in [4.69, 9.17) is 0 Å². The van der Waals surface area contributed by atoms with E-state index in [1.807, 2.05) is 0 Å². The third kappa shape index (κ3) is 5.05. The number of hydrogen-bond acceptors (Lipinski definition) is 2. The fourth-order valence-corrected chi connectivity index (χ4v) is 2.23. The van der Waals surface area contributed by atoms with Gasteiger partial charge in [0.25, 0.3) is 0 Å². The maximum Gasteiger partial charge on any atom is 0.226 e. The number of nitrogens with one attached hydrogen (secondary N) is 1. The van der Waals surface area contributed by atoms with E-state index in [-0.39, 0.29) is 25.4 Å². The van der Waals surface area contributed by atoms with Crippen molar-refractivity contribution in [1.29, 1.82) is 0 Å². The molecule has 0 atom stereocenters. The second-order valence-corrected chi connectivity index (χ2v) is 5.59. The second-order valence-electron chi connectivity index (χ2n) is 5.59. The average Bonchev–Trinajstić information content (AvgIpc) is 2.60. The molecule has 1 N–H and O–H groups in total. The molecule has 2 aromatic rings. The van der Waals surface area contributed by atoms with Gasteiger partial charge in [-0.1, -0.05) is 12.1 Å². The second kappa shape index (κ2) is 8.46. The van der Waals surface area contributed by atoms with Crippen LogP contribution in [0, 0.1) is 23.3 Å². The van der Waals surface area contributed by atoms with E-state index in [0.29, 0.717) is 11.6 Å². The number of carbonyl (C=O) groups is 2. The van der Waals surface area contributed by atoms with Crippen molar-refractivity contribution in [2.24, 2.45) is 0 Å². The molecule has 0 aliphatic carbocycles. The lowest BCUT2D eigenvalue weighted by Gasteiger charge is -2.21. The summed E-state index contributed by atoms with van der Waals surface area (Å²) in [5.41, 5.74) is 0.190. The molecule has 0 radical (unpaired) electrons. The van der Waals surface area contributed by atoms with Gasteiger partial charge < -0.3 is 10.2 Å². The van der Waals surface area contributed by atoms with E-state index in [9.17, 15) is 27.2 Å². The molecule has 0 unspecified atom stereocenters. The van der Waals surface area contributed by atoms with Crippen LogP contribution >= 0.6 is 0 Å². The molecule has 0 heterocycles. The molecule has 0 aromatic heterocycles. The van der Waals surface area contributed by atoms with Gasteiger partial charge in [0.15, 0.2) is 17.5 Å². The number of amides is 2.